The van der Waals surface area contributed by atoms with Gasteiger partial charge in [0.15, 0.2) is 0 Å². The highest BCUT2D eigenvalue weighted by atomic mass is 79.9. The van der Waals surface area contributed by atoms with E-state index in [4.69, 9.17) is 0 Å². The van der Waals surface area contributed by atoms with Gasteiger partial charge in [0.05, 0.1) is 0 Å². The van der Waals surface area contributed by atoms with Crippen molar-refractivity contribution in [2.75, 3.05) is 6.54 Å². The lowest BCUT2D eigenvalue weighted by atomic mass is 9.99. The summed E-state index contributed by atoms with van der Waals surface area (Å²) < 4.78 is 1.17. The van der Waals surface area contributed by atoms with Crippen LogP contribution in [0.4, 0.5) is 0 Å². The summed E-state index contributed by atoms with van der Waals surface area (Å²) in [5.74, 6) is 0. The fourth-order valence-electron chi connectivity index (χ4n) is 2.15. The molecular weight excluding hydrogens is 286 g/mol. The molecular formula is C16H18BrN. The second-order valence-corrected chi connectivity index (χ2v) is 5.18. The van der Waals surface area contributed by atoms with Crippen molar-refractivity contribution in [1.29, 1.82) is 0 Å². The molecule has 0 amide bonds. The molecule has 1 nitrogen and oxygen atoms in total. The predicted molar refractivity (Wildman–Crippen MR) is 80.7 cm³/mol. The van der Waals surface area contributed by atoms with Crippen molar-refractivity contribution in [2.45, 2.75) is 19.4 Å². The van der Waals surface area contributed by atoms with E-state index in [1.165, 1.54) is 15.6 Å². The minimum atomic E-state index is 0.355. The van der Waals surface area contributed by atoms with Gasteiger partial charge in [0, 0.05) is 10.5 Å². The first-order chi connectivity index (χ1) is 8.81. The lowest BCUT2D eigenvalue weighted by molar-refractivity contribution is 0.548. The van der Waals surface area contributed by atoms with Crippen molar-refractivity contribution in [3.63, 3.8) is 0 Å². The van der Waals surface area contributed by atoms with Gasteiger partial charge in [0.2, 0.25) is 0 Å². The van der Waals surface area contributed by atoms with Crippen molar-refractivity contribution in [2.24, 2.45) is 0 Å². The summed E-state index contributed by atoms with van der Waals surface area (Å²) in [5.41, 5.74) is 2.68. The Balaban J connectivity index is 2.21. The first-order valence-corrected chi connectivity index (χ1v) is 7.12. The van der Waals surface area contributed by atoms with Gasteiger partial charge >= 0.3 is 0 Å². The summed E-state index contributed by atoms with van der Waals surface area (Å²) in [6, 6.07) is 19.4. The van der Waals surface area contributed by atoms with Gasteiger partial charge in [0.25, 0.3) is 0 Å². The second-order valence-electron chi connectivity index (χ2n) is 4.32. The van der Waals surface area contributed by atoms with E-state index in [1.54, 1.807) is 0 Å². The molecule has 0 aliphatic heterocycles. The molecule has 0 spiro atoms. The van der Waals surface area contributed by atoms with E-state index >= 15 is 0 Å². The molecule has 1 atom stereocenters. The Morgan fingerprint density at radius 1 is 1.00 bits per heavy atom. The molecule has 0 aliphatic carbocycles. The van der Waals surface area contributed by atoms with E-state index in [0.717, 1.165) is 13.0 Å². The largest absolute Gasteiger partial charge is 0.310 e. The van der Waals surface area contributed by atoms with E-state index in [-0.39, 0.29) is 0 Å². The number of hydrogen-bond donors (Lipinski definition) is 1. The van der Waals surface area contributed by atoms with Crippen LogP contribution in [0, 0.1) is 0 Å². The fourth-order valence-corrected chi connectivity index (χ4v) is 2.71. The third-order valence-electron chi connectivity index (χ3n) is 3.01. The normalized spacial score (nSPS) is 12.3. The van der Waals surface area contributed by atoms with E-state index in [0.29, 0.717) is 6.04 Å². The van der Waals surface area contributed by atoms with Gasteiger partial charge in [0.1, 0.15) is 0 Å². The molecule has 1 unspecified atom stereocenters. The molecule has 2 heteroatoms. The lowest BCUT2D eigenvalue weighted by Crippen LogP contribution is -2.23. The Labute approximate surface area is 117 Å². The van der Waals surface area contributed by atoms with Crippen LogP contribution in [-0.2, 0) is 6.42 Å². The Kier molecular flexibility index (Phi) is 4.97. The number of benzene rings is 2. The van der Waals surface area contributed by atoms with E-state index in [9.17, 15) is 0 Å². The Morgan fingerprint density at radius 2 is 1.67 bits per heavy atom. The van der Waals surface area contributed by atoms with Gasteiger partial charge in [-0.2, -0.15) is 0 Å². The van der Waals surface area contributed by atoms with Crippen LogP contribution < -0.4 is 5.32 Å². The number of likely N-dealkylation sites (N-methyl/N-ethyl adjacent to an activating group) is 1. The van der Waals surface area contributed by atoms with Gasteiger partial charge in [-0.3, -0.25) is 0 Å². The molecule has 0 saturated heterocycles. The highest BCUT2D eigenvalue weighted by Gasteiger charge is 2.13. The predicted octanol–water partition coefficient (Wildman–Crippen LogP) is 4.34. The van der Waals surface area contributed by atoms with Crippen molar-refractivity contribution in [1.82, 2.24) is 5.32 Å². The van der Waals surface area contributed by atoms with Crippen molar-refractivity contribution in [3.8, 4) is 0 Å². The first kappa shape index (κ1) is 13.3. The van der Waals surface area contributed by atoms with Crippen LogP contribution in [0.3, 0.4) is 0 Å². The Morgan fingerprint density at radius 3 is 2.33 bits per heavy atom. The standard InChI is InChI=1S/C16H18BrN/c1-2-18-16(12-13-8-4-3-5-9-13)14-10-6-7-11-15(14)17/h3-11,16,18H,2,12H2,1H3. The molecule has 2 aromatic rings. The fraction of sp³-hybridized carbons (Fsp3) is 0.250. The Hall–Kier alpha value is -1.12. The summed E-state index contributed by atoms with van der Waals surface area (Å²) in [5, 5.41) is 3.56. The molecule has 2 rings (SSSR count). The second kappa shape index (κ2) is 6.72. The first-order valence-electron chi connectivity index (χ1n) is 6.33. The SMILES string of the molecule is CCNC(Cc1ccccc1)c1ccccc1Br. The number of rotatable bonds is 5. The van der Waals surface area contributed by atoms with Crippen LogP contribution >= 0.6 is 15.9 Å². The van der Waals surface area contributed by atoms with E-state index < -0.39 is 0 Å². The van der Waals surface area contributed by atoms with Crippen molar-refractivity contribution in [3.05, 3.63) is 70.2 Å². The zero-order valence-corrected chi connectivity index (χ0v) is 12.2. The van der Waals surface area contributed by atoms with Crippen LogP contribution in [0.1, 0.15) is 24.1 Å². The summed E-state index contributed by atoms with van der Waals surface area (Å²) in [4.78, 5) is 0. The summed E-state index contributed by atoms with van der Waals surface area (Å²) >= 11 is 3.64. The smallest absolute Gasteiger partial charge is 0.0372 e. The van der Waals surface area contributed by atoms with Gasteiger partial charge in [-0.05, 0) is 30.2 Å². The van der Waals surface area contributed by atoms with E-state index in [1.807, 2.05) is 0 Å². The monoisotopic (exact) mass is 303 g/mol. The highest BCUT2D eigenvalue weighted by Crippen LogP contribution is 2.25. The maximum atomic E-state index is 3.64. The third-order valence-corrected chi connectivity index (χ3v) is 3.74. The topological polar surface area (TPSA) is 12.0 Å². The maximum Gasteiger partial charge on any atom is 0.0372 e. The maximum absolute atomic E-state index is 3.64. The molecule has 1 N–H and O–H groups in total. The highest BCUT2D eigenvalue weighted by molar-refractivity contribution is 9.10. The third kappa shape index (κ3) is 3.44. The minimum absolute atomic E-state index is 0.355. The molecule has 94 valence electrons. The molecule has 0 fully saturated rings. The molecule has 2 aromatic carbocycles. The van der Waals surface area contributed by atoms with Gasteiger partial charge in [-0.15, -0.1) is 0 Å². The molecule has 0 aliphatic rings. The van der Waals surface area contributed by atoms with Crippen molar-refractivity contribution >= 4 is 15.9 Å². The zero-order chi connectivity index (χ0) is 12.8. The van der Waals surface area contributed by atoms with E-state index in [2.05, 4.69) is 82.8 Å². The molecule has 18 heavy (non-hydrogen) atoms. The summed E-state index contributed by atoms with van der Waals surface area (Å²) in [6.45, 7) is 3.12. The summed E-state index contributed by atoms with van der Waals surface area (Å²) in [6.07, 6.45) is 1.01. The lowest BCUT2D eigenvalue weighted by Gasteiger charge is -2.19. The van der Waals surface area contributed by atoms with Crippen LogP contribution in [0.15, 0.2) is 59.1 Å². The minimum Gasteiger partial charge on any atom is -0.310 e. The summed E-state index contributed by atoms with van der Waals surface area (Å²) in [7, 11) is 0. The van der Waals surface area contributed by atoms with Crippen LogP contribution in [0.2, 0.25) is 0 Å². The van der Waals surface area contributed by atoms with Crippen molar-refractivity contribution < 1.29 is 0 Å². The molecule has 0 aromatic heterocycles. The number of halogens is 1. The Bertz CT molecular complexity index is 481. The van der Waals surface area contributed by atoms with Crippen LogP contribution in [-0.4, -0.2) is 6.54 Å². The molecule has 0 heterocycles. The number of nitrogens with one attached hydrogen (secondary N) is 1. The molecule has 0 saturated carbocycles. The molecule has 0 bridgehead atoms. The van der Waals surface area contributed by atoms with Crippen LogP contribution in [0.25, 0.3) is 0 Å². The average molecular weight is 304 g/mol. The van der Waals surface area contributed by atoms with Crippen LogP contribution in [0.5, 0.6) is 0 Å². The van der Waals surface area contributed by atoms with Gasteiger partial charge in [-0.1, -0.05) is 71.4 Å². The average Bonchev–Trinajstić information content (AvgIpc) is 2.40. The molecule has 0 radical (unpaired) electrons. The van der Waals surface area contributed by atoms with Gasteiger partial charge < -0.3 is 5.32 Å². The quantitative estimate of drug-likeness (QED) is 0.866. The zero-order valence-electron chi connectivity index (χ0n) is 10.6. The van der Waals surface area contributed by atoms with Gasteiger partial charge in [-0.25, -0.2) is 0 Å². The number of hydrogen-bond acceptors (Lipinski definition) is 1.